The van der Waals surface area contributed by atoms with E-state index in [2.05, 4.69) is 6.08 Å². The molecule has 8 heavy (non-hydrogen) atoms. The normalized spacial score (nSPS) is 11.6. The van der Waals surface area contributed by atoms with Gasteiger partial charge in [0.05, 0.1) is 0 Å². The quantitative estimate of drug-likeness (QED) is 0.464. The smallest absolute Gasteiger partial charge is 0.0155 e. The molecule has 46 valence electrons. The highest BCUT2D eigenvalue weighted by molar-refractivity contribution is 8.02. The molecule has 0 aliphatic rings. The van der Waals surface area contributed by atoms with Crippen molar-refractivity contribution in [3.63, 3.8) is 0 Å². The van der Waals surface area contributed by atoms with Gasteiger partial charge in [0.15, 0.2) is 0 Å². The molecule has 1 nitrogen and oxygen atoms in total. The van der Waals surface area contributed by atoms with Crippen LogP contribution in [0.5, 0.6) is 0 Å². The minimum absolute atomic E-state index is 1.02. The third-order valence-corrected chi connectivity index (χ3v) is 1.34. The molecule has 0 aromatic heterocycles. The van der Waals surface area contributed by atoms with Crippen LogP contribution in [0.3, 0.4) is 0 Å². The number of hydrogen-bond donors (Lipinski definition) is 1. The lowest BCUT2D eigenvalue weighted by atomic mass is 10.6. The average molecular weight is 129 g/mol. The van der Waals surface area contributed by atoms with E-state index in [0.717, 1.165) is 5.75 Å². The van der Waals surface area contributed by atoms with Gasteiger partial charge in [0.25, 0.3) is 0 Å². The van der Waals surface area contributed by atoms with E-state index in [9.17, 15) is 0 Å². The highest BCUT2D eigenvalue weighted by Gasteiger charge is 1.70. The molecule has 0 aromatic rings. The van der Waals surface area contributed by atoms with Crippen LogP contribution >= 0.6 is 11.8 Å². The van der Waals surface area contributed by atoms with Gasteiger partial charge < -0.3 is 5.73 Å². The van der Waals surface area contributed by atoms with Crippen molar-refractivity contribution >= 4 is 11.8 Å². The summed E-state index contributed by atoms with van der Waals surface area (Å²) in [7, 11) is 0. The van der Waals surface area contributed by atoms with Crippen LogP contribution in [0.2, 0.25) is 0 Å². The van der Waals surface area contributed by atoms with Crippen LogP contribution in [0.25, 0.3) is 0 Å². The molecule has 0 bridgehead atoms. The van der Waals surface area contributed by atoms with Gasteiger partial charge in [0.2, 0.25) is 0 Å². The summed E-state index contributed by atoms with van der Waals surface area (Å²) >= 11 is 1.69. The van der Waals surface area contributed by atoms with Crippen molar-refractivity contribution in [3.05, 3.63) is 23.8 Å². The van der Waals surface area contributed by atoms with E-state index in [4.69, 9.17) is 5.73 Å². The number of hydrogen-bond acceptors (Lipinski definition) is 2. The third kappa shape index (κ3) is 5.63. The van der Waals surface area contributed by atoms with Crippen molar-refractivity contribution < 1.29 is 0 Å². The van der Waals surface area contributed by atoms with Gasteiger partial charge >= 0.3 is 0 Å². The van der Waals surface area contributed by atoms with Crippen molar-refractivity contribution in [2.45, 2.75) is 6.92 Å². The van der Waals surface area contributed by atoms with Gasteiger partial charge in [-0.05, 0) is 12.3 Å². The Kier molecular flexibility index (Phi) is 6.32. The molecule has 0 aliphatic carbocycles. The maximum atomic E-state index is 5.09. The predicted molar refractivity (Wildman–Crippen MR) is 40.6 cm³/mol. The Balaban J connectivity index is 2.93. The van der Waals surface area contributed by atoms with Crippen LogP contribution in [0.15, 0.2) is 23.8 Å². The molecule has 0 amide bonds. The maximum absolute atomic E-state index is 5.09. The molecule has 0 saturated heterocycles. The largest absolute Gasteiger partial charge is 0.404 e. The van der Waals surface area contributed by atoms with Crippen molar-refractivity contribution in [2.75, 3.05) is 5.75 Å². The van der Waals surface area contributed by atoms with Crippen LogP contribution in [0.1, 0.15) is 6.92 Å². The molecular weight excluding hydrogens is 118 g/mol. The monoisotopic (exact) mass is 129 g/mol. The summed E-state index contributed by atoms with van der Waals surface area (Å²) in [6, 6.07) is 0. The standard InChI is InChI=1S/C6H11NS/c1-2-3-5-8-6-4-7/h2-4,6H,5,7H2,1H3/b3-2?,6-4+. The van der Waals surface area contributed by atoms with E-state index in [1.54, 1.807) is 18.0 Å². The molecule has 0 aromatic carbocycles. The topological polar surface area (TPSA) is 26.0 Å². The molecule has 2 N–H and O–H groups in total. The summed E-state index contributed by atoms with van der Waals surface area (Å²) in [5.41, 5.74) is 5.09. The fourth-order valence-electron chi connectivity index (χ4n) is 0.263. The molecule has 2 heteroatoms. The van der Waals surface area contributed by atoms with Crippen LogP contribution in [0.4, 0.5) is 0 Å². The second-order valence-electron chi connectivity index (χ2n) is 1.23. The minimum Gasteiger partial charge on any atom is -0.404 e. The average Bonchev–Trinajstić information content (AvgIpc) is 1.81. The Morgan fingerprint density at radius 2 is 2.38 bits per heavy atom. The molecule has 0 rings (SSSR count). The highest BCUT2D eigenvalue weighted by Crippen LogP contribution is 1.99. The molecule has 0 spiro atoms. The lowest BCUT2D eigenvalue weighted by Crippen LogP contribution is -1.73. The fraction of sp³-hybridized carbons (Fsp3) is 0.333. The third-order valence-electron chi connectivity index (χ3n) is 0.603. The van der Waals surface area contributed by atoms with Crippen LogP contribution in [-0.4, -0.2) is 5.75 Å². The van der Waals surface area contributed by atoms with E-state index in [-0.39, 0.29) is 0 Å². The molecule has 0 fully saturated rings. The first-order valence-corrected chi connectivity index (χ1v) is 3.56. The molecule has 0 atom stereocenters. The summed E-state index contributed by atoms with van der Waals surface area (Å²) in [6.07, 6.45) is 5.66. The molecule has 0 radical (unpaired) electrons. The van der Waals surface area contributed by atoms with Gasteiger partial charge in [-0.1, -0.05) is 12.2 Å². The first kappa shape index (κ1) is 7.63. The summed E-state index contributed by atoms with van der Waals surface area (Å²) in [6.45, 7) is 2.01. The van der Waals surface area contributed by atoms with E-state index < -0.39 is 0 Å². The van der Waals surface area contributed by atoms with E-state index in [1.807, 2.05) is 18.4 Å². The van der Waals surface area contributed by atoms with Gasteiger partial charge in [0.1, 0.15) is 0 Å². The zero-order valence-corrected chi connectivity index (χ0v) is 5.82. The first-order valence-electron chi connectivity index (χ1n) is 2.51. The molecule has 0 saturated carbocycles. The first-order chi connectivity index (χ1) is 3.91. The lowest BCUT2D eigenvalue weighted by Gasteiger charge is -1.81. The summed E-state index contributed by atoms with van der Waals surface area (Å²) in [5.74, 6) is 1.02. The van der Waals surface area contributed by atoms with Crippen LogP contribution < -0.4 is 5.73 Å². The van der Waals surface area contributed by atoms with Gasteiger partial charge in [-0.15, -0.1) is 11.8 Å². The predicted octanol–water partition coefficient (Wildman–Crippen LogP) is 1.73. The van der Waals surface area contributed by atoms with E-state index in [1.165, 1.54) is 0 Å². The second kappa shape index (κ2) is 6.63. The van der Waals surface area contributed by atoms with Crippen molar-refractivity contribution in [1.29, 1.82) is 0 Å². The summed E-state index contributed by atoms with van der Waals surface area (Å²) in [5, 5.41) is 1.88. The van der Waals surface area contributed by atoms with Gasteiger partial charge in [-0.25, -0.2) is 0 Å². The lowest BCUT2D eigenvalue weighted by molar-refractivity contribution is 1.62. The molecule has 0 aliphatic heterocycles. The van der Waals surface area contributed by atoms with Crippen molar-refractivity contribution in [1.82, 2.24) is 0 Å². The Labute approximate surface area is 54.6 Å². The molecular formula is C6H11NS. The Morgan fingerprint density at radius 3 is 2.88 bits per heavy atom. The van der Waals surface area contributed by atoms with Gasteiger partial charge in [-0.2, -0.15) is 0 Å². The van der Waals surface area contributed by atoms with Crippen molar-refractivity contribution in [3.8, 4) is 0 Å². The SMILES string of the molecule is CC=CCS/C=C/N. The van der Waals surface area contributed by atoms with E-state index in [0.29, 0.717) is 0 Å². The number of rotatable bonds is 3. The zero-order valence-electron chi connectivity index (χ0n) is 5.00. The molecule has 0 heterocycles. The van der Waals surface area contributed by atoms with Gasteiger partial charge in [-0.3, -0.25) is 0 Å². The van der Waals surface area contributed by atoms with Crippen LogP contribution in [0, 0.1) is 0 Å². The van der Waals surface area contributed by atoms with Gasteiger partial charge in [0, 0.05) is 12.0 Å². The number of nitrogens with two attached hydrogens (primary N) is 1. The maximum Gasteiger partial charge on any atom is 0.0155 e. The zero-order chi connectivity index (χ0) is 6.24. The molecule has 0 unspecified atom stereocenters. The Hall–Kier alpha value is -0.370. The van der Waals surface area contributed by atoms with Crippen molar-refractivity contribution in [2.24, 2.45) is 5.73 Å². The summed E-state index contributed by atoms with van der Waals surface area (Å²) < 4.78 is 0. The van der Waals surface area contributed by atoms with E-state index >= 15 is 0 Å². The van der Waals surface area contributed by atoms with Crippen LogP contribution in [-0.2, 0) is 0 Å². The fourth-order valence-corrected chi connectivity index (χ4v) is 0.789. The Morgan fingerprint density at radius 1 is 1.62 bits per heavy atom. The minimum atomic E-state index is 1.02. The Bertz CT molecular complexity index is 74.5. The number of thioether (sulfide) groups is 1. The highest BCUT2D eigenvalue weighted by atomic mass is 32.2. The number of allylic oxidation sites excluding steroid dienone is 1. The second-order valence-corrected chi connectivity index (χ2v) is 2.17. The summed E-state index contributed by atoms with van der Waals surface area (Å²) in [4.78, 5) is 0.